The third kappa shape index (κ3) is 6.22. The molecule has 1 aliphatic rings. The molecule has 0 aliphatic carbocycles. The first-order valence-corrected chi connectivity index (χ1v) is 6.34. The lowest BCUT2D eigenvalue weighted by Gasteiger charge is -2.37. The third-order valence-electron chi connectivity index (χ3n) is 2.79. The van der Waals surface area contributed by atoms with Crippen molar-refractivity contribution < 1.29 is 0 Å². The van der Waals surface area contributed by atoms with E-state index in [1.54, 1.807) is 0 Å². The fourth-order valence-electron chi connectivity index (χ4n) is 1.60. The molecule has 0 radical (unpaired) electrons. The fourth-order valence-corrected chi connectivity index (χ4v) is 1.60. The minimum Gasteiger partial charge on any atom is -0.402 e. The van der Waals surface area contributed by atoms with Crippen LogP contribution in [0.3, 0.4) is 0 Å². The molecule has 1 aliphatic heterocycles. The van der Waals surface area contributed by atoms with Crippen molar-refractivity contribution in [3.8, 4) is 0 Å². The SMILES string of the molecule is C/C(N)=C/C=C(\N)N1CCC(C)(N)CC1.CC. The maximum Gasteiger partial charge on any atom is 0.0987 e. The van der Waals surface area contributed by atoms with Crippen LogP contribution in [0.25, 0.3) is 0 Å². The van der Waals surface area contributed by atoms with Crippen molar-refractivity contribution in [2.45, 2.75) is 46.1 Å². The van der Waals surface area contributed by atoms with Gasteiger partial charge in [0.2, 0.25) is 0 Å². The summed E-state index contributed by atoms with van der Waals surface area (Å²) in [5.74, 6) is 0.773. The van der Waals surface area contributed by atoms with Crippen LogP contribution in [0.15, 0.2) is 23.7 Å². The van der Waals surface area contributed by atoms with Gasteiger partial charge in [-0.1, -0.05) is 13.8 Å². The van der Waals surface area contributed by atoms with Gasteiger partial charge in [-0.25, -0.2) is 0 Å². The summed E-state index contributed by atoms with van der Waals surface area (Å²) in [6, 6.07) is 0. The second-order valence-electron chi connectivity index (χ2n) is 4.64. The van der Waals surface area contributed by atoms with E-state index in [0.29, 0.717) is 0 Å². The maximum atomic E-state index is 6.04. The zero-order valence-corrected chi connectivity index (χ0v) is 11.7. The molecular formula is C13H28N4. The molecule has 0 aromatic carbocycles. The number of hydrogen-bond acceptors (Lipinski definition) is 4. The smallest absolute Gasteiger partial charge is 0.0987 e. The Kier molecular flexibility index (Phi) is 6.73. The van der Waals surface area contributed by atoms with Gasteiger partial charge in [0.1, 0.15) is 0 Å². The molecule has 0 amide bonds. The van der Waals surface area contributed by atoms with E-state index >= 15 is 0 Å². The molecule has 0 spiro atoms. The van der Waals surface area contributed by atoms with E-state index in [-0.39, 0.29) is 5.54 Å². The molecule has 1 saturated heterocycles. The van der Waals surface area contributed by atoms with Crippen molar-refractivity contribution in [2.24, 2.45) is 17.2 Å². The number of likely N-dealkylation sites (tertiary alicyclic amines) is 1. The predicted octanol–water partition coefficient (Wildman–Crippen LogP) is 1.49. The standard InChI is InChI=1S/C11H22N4.C2H6/c1-9(12)3-4-10(13)15-7-5-11(2,14)6-8-15;1-2/h3-4H,5-8,12-14H2,1-2H3;1-2H3/b9-3-,10-4+;. The highest BCUT2D eigenvalue weighted by atomic mass is 15.2. The highest BCUT2D eigenvalue weighted by molar-refractivity contribution is 5.13. The average Bonchev–Trinajstić information content (AvgIpc) is 2.28. The minimum atomic E-state index is -0.0313. The average molecular weight is 240 g/mol. The number of nitrogens with two attached hydrogens (primary N) is 3. The van der Waals surface area contributed by atoms with E-state index in [1.807, 2.05) is 32.9 Å². The van der Waals surface area contributed by atoms with Crippen LogP contribution in [0.5, 0.6) is 0 Å². The first-order chi connectivity index (χ1) is 7.91. The van der Waals surface area contributed by atoms with Crippen LogP contribution in [0.4, 0.5) is 0 Å². The molecule has 0 unspecified atom stereocenters. The van der Waals surface area contributed by atoms with Crippen molar-refractivity contribution >= 4 is 0 Å². The number of hydrogen-bond donors (Lipinski definition) is 3. The zero-order valence-electron chi connectivity index (χ0n) is 11.7. The van der Waals surface area contributed by atoms with E-state index in [2.05, 4.69) is 11.8 Å². The second-order valence-corrected chi connectivity index (χ2v) is 4.64. The van der Waals surface area contributed by atoms with Gasteiger partial charge in [-0.15, -0.1) is 0 Å². The van der Waals surface area contributed by atoms with Gasteiger partial charge < -0.3 is 22.1 Å². The summed E-state index contributed by atoms with van der Waals surface area (Å²) in [5, 5.41) is 0. The molecule has 4 nitrogen and oxygen atoms in total. The van der Waals surface area contributed by atoms with Gasteiger partial charge in [0, 0.05) is 24.3 Å². The lowest BCUT2D eigenvalue weighted by Crippen LogP contribution is -2.48. The Morgan fingerprint density at radius 3 is 2.00 bits per heavy atom. The van der Waals surface area contributed by atoms with Crippen LogP contribution < -0.4 is 17.2 Å². The molecule has 1 rings (SSSR count). The van der Waals surface area contributed by atoms with Crippen LogP contribution in [-0.2, 0) is 0 Å². The largest absolute Gasteiger partial charge is 0.402 e. The summed E-state index contributed by atoms with van der Waals surface area (Å²) in [6.07, 6.45) is 5.64. The summed E-state index contributed by atoms with van der Waals surface area (Å²) in [4.78, 5) is 2.15. The lowest BCUT2D eigenvalue weighted by molar-refractivity contribution is 0.208. The molecule has 1 heterocycles. The van der Waals surface area contributed by atoms with E-state index in [1.165, 1.54) is 0 Å². The summed E-state index contributed by atoms with van der Waals surface area (Å²) in [6.45, 7) is 9.78. The molecule has 0 bridgehead atoms. The van der Waals surface area contributed by atoms with Crippen LogP contribution in [0, 0.1) is 0 Å². The van der Waals surface area contributed by atoms with Crippen LogP contribution in [0.1, 0.15) is 40.5 Å². The minimum absolute atomic E-state index is 0.0313. The van der Waals surface area contributed by atoms with Gasteiger partial charge in [-0.3, -0.25) is 0 Å². The Morgan fingerprint density at radius 2 is 1.59 bits per heavy atom. The van der Waals surface area contributed by atoms with Gasteiger partial charge in [-0.2, -0.15) is 0 Å². The Hall–Kier alpha value is -1.16. The molecule has 1 fully saturated rings. The Morgan fingerprint density at radius 1 is 1.12 bits per heavy atom. The van der Waals surface area contributed by atoms with Gasteiger partial charge >= 0.3 is 0 Å². The lowest BCUT2D eigenvalue weighted by atomic mass is 9.91. The number of piperidine rings is 1. The quantitative estimate of drug-likeness (QED) is 0.639. The van der Waals surface area contributed by atoms with Crippen molar-refractivity contribution in [2.75, 3.05) is 13.1 Å². The molecule has 0 saturated carbocycles. The first-order valence-electron chi connectivity index (χ1n) is 6.34. The zero-order chi connectivity index (χ0) is 13.5. The highest BCUT2D eigenvalue weighted by Crippen LogP contribution is 2.20. The summed E-state index contributed by atoms with van der Waals surface area (Å²) >= 11 is 0. The molecule has 4 heteroatoms. The normalized spacial score (nSPS) is 20.6. The van der Waals surface area contributed by atoms with E-state index < -0.39 is 0 Å². The van der Waals surface area contributed by atoms with Crippen molar-refractivity contribution in [3.63, 3.8) is 0 Å². The second kappa shape index (κ2) is 7.22. The summed E-state index contributed by atoms with van der Waals surface area (Å²) < 4.78 is 0. The topological polar surface area (TPSA) is 81.3 Å². The van der Waals surface area contributed by atoms with Crippen LogP contribution in [0.2, 0.25) is 0 Å². The molecular weight excluding hydrogens is 212 g/mol. The first kappa shape index (κ1) is 15.8. The molecule has 0 aromatic heterocycles. The monoisotopic (exact) mass is 240 g/mol. The van der Waals surface area contributed by atoms with Gasteiger partial charge in [0.25, 0.3) is 0 Å². The van der Waals surface area contributed by atoms with Gasteiger partial charge in [0.15, 0.2) is 0 Å². The molecule has 17 heavy (non-hydrogen) atoms. The molecule has 100 valence electrons. The fraction of sp³-hybridized carbons (Fsp3) is 0.692. The number of rotatable bonds is 2. The van der Waals surface area contributed by atoms with Gasteiger partial charge in [-0.05, 0) is 38.8 Å². The summed E-state index contributed by atoms with van der Waals surface area (Å²) in [5.41, 5.74) is 18.2. The molecule has 0 aromatic rings. The van der Waals surface area contributed by atoms with E-state index in [0.717, 1.165) is 37.4 Å². The number of nitrogens with zero attached hydrogens (tertiary/aromatic N) is 1. The van der Waals surface area contributed by atoms with Crippen LogP contribution >= 0.6 is 0 Å². The van der Waals surface area contributed by atoms with Crippen molar-refractivity contribution in [3.05, 3.63) is 23.7 Å². The van der Waals surface area contributed by atoms with Crippen molar-refractivity contribution in [1.82, 2.24) is 4.90 Å². The molecule has 6 N–H and O–H groups in total. The Labute approximate surface area is 106 Å². The Balaban J connectivity index is 0.00000121. The molecule has 0 atom stereocenters. The maximum absolute atomic E-state index is 6.04. The van der Waals surface area contributed by atoms with Crippen LogP contribution in [-0.4, -0.2) is 23.5 Å². The van der Waals surface area contributed by atoms with E-state index in [9.17, 15) is 0 Å². The van der Waals surface area contributed by atoms with Gasteiger partial charge in [0.05, 0.1) is 5.82 Å². The highest BCUT2D eigenvalue weighted by Gasteiger charge is 2.25. The van der Waals surface area contributed by atoms with E-state index in [4.69, 9.17) is 17.2 Å². The number of allylic oxidation sites excluding steroid dienone is 3. The summed E-state index contributed by atoms with van der Waals surface area (Å²) in [7, 11) is 0. The van der Waals surface area contributed by atoms with Crippen molar-refractivity contribution in [1.29, 1.82) is 0 Å². The Bertz CT molecular complexity index is 265. The predicted molar refractivity (Wildman–Crippen MR) is 75.0 cm³/mol. The third-order valence-corrected chi connectivity index (χ3v) is 2.79.